The van der Waals surface area contributed by atoms with Crippen LogP contribution in [0.3, 0.4) is 0 Å². The Morgan fingerprint density at radius 1 is 1.35 bits per heavy atom. The number of hydrogen-bond donors (Lipinski definition) is 2. The molecular formula is C21H24O5. The SMILES string of the molecule is C[C@]12C=CC(=O)C=C1CC[C@@H]1C2=CC[C@@]2(C)[C@H]1C[C@@H](O)[C@]2(O)C(=O)C=O. The Morgan fingerprint density at radius 3 is 2.77 bits per heavy atom. The highest BCUT2D eigenvalue weighted by molar-refractivity contribution is 6.29. The summed E-state index contributed by atoms with van der Waals surface area (Å²) in [7, 11) is 0. The van der Waals surface area contributed by atoms with Crippen molar-refractivity contribution in [2.75, 3.05) is 0 Å². The van der Waals surface area contributed by atoms with Crippen molar-refractivity contribution in [2.45, 2.75) is 51.2 Å². The Hall–Kier alpha value is -1.85. The summed E-state index contributed by atoms with van der Waals surface area (Å²) in [5.74, 6) is -0.898. The normalized spacial score (nSPS) is 46.6. The van der Waals surface area contributed by atoms with Crippen LogP contribution in [0.2, 0.25) is 0 Å². The molecule has 0 saturated heterocycles. The molecule has 2 saturated carbocycles. The molecule has 138 valence electrons. The number of ketones is 2. The van der Waals surface area contributed by atoms with Gasteiger partial charge in [-0.1, -0.05) is 30.2 Å². The third-order valence-electron chi connectivity index (χ3n) is 7.65. The van der Waals surface area contributed by atoms with Gasteiger partial charge in [-0.2, -0.15) is 0 Å². The van der Waals surface area contributed by atoms with Crippen molar-refractivity contribution < 1.29 is 24.6 Å². The summed E-state index contributed by atoms with van der Waals surface area (Å²) in [6.07, 6.45) is 8.55. The molecule has 4 aliphatic carbocycles. The van der Waals surface area contributed by atoms with E-state index in [2.05, 4.69) is 13.0 Å². The zero-order chi connectivity index (χ0) is 18.9. The summed E-state index contributed by atoms with van der Waals surface area (Å²) in [5.41, 5.74) is -0.912. The van der Waals surface area contributed by atoms with Crippen molar-refractivity contribution >= 4 is 17.9 Å². The fourth-order valence-electron chi connectivity index (χ4n) is 6.08. The molecule has 26 heavy (non-hydrogen) atoms. The minimum Gasteiger partial charge on any atom is -0.390 e. The molecule has 0 aromatic rings. The van der Waals surface area contributed by atoms with Crippen LogP contribution in [0, 0.1) is 22.7 Å². The van der Waals surface area contributed by atoms with Gasteiger partial charge in [-0.25, -0.2) is 0 Å². The summed E-state index contributed by atoms with van der Waals surface area (Å²) in [6.45, 7) is 3.92. The van der Waals surface area contributed by atoms with Crippen molar-refractivity contribution in [2.24, 2.45) is 22.7 Å². The Morgan fingerprint density at radius 2 is 2.08 bits per heavy atom. The van der Waals surface area contributed by atoms with E-state index in [0.717, 1.165) is 18.4 Å². The van der Waals surface area contributed by atoms with Gasteiger partial charge in [0.25, 0.3) is 0 Å². The third kappa shape index (κ3) is 1.90. The molecule has 5 nitrogen and oxygen atoms in total. The molecule has 0 unspecified atom stereocenters. The van der Waals surface area contributed by atoms with Gasteiger partial charge in [-0.3, -0.25) is 14.4 Å². The number of aliphatic hydroxyl groups excluding tert-OH is 1. The van der Waals surface area contributed by atoms with E-state index in [1.54, 1.807) is 12.2 Å². The summed E-state index contributed by atoms with van der Waals surface area (Å²) in [6, 6.07) is 0. The van der Waals surface area contributed by atoms with Crippen molar-refractivity contribution in [1.82, 2.24) is 0 Å². The van der Waals surface area contributed by atoms with Gasteiger partial charge in [-0.05, 0) is 56.6 Å². The van der Waals surface area contributed by atoms with Crippen LogP contribution >= 0.6 is 0 Å². The second-order valence-electron chi connectivity index (χ2n) is 8.64. The number of aldehydes is 1. The third-order valence-corrected chi connectivity index (χ3v) is 7.65. The second kappa shape index (κ2) is 5.33. The molecule has 2 N–H and O–H groups in total. The molecule has 0 aromatic carbocycles. The molecule has 0 amide bonds. The van der Waals surface area contributed by atoms with Gasteiger partial charge >= 0.3 is 0 Å². The van der Waals surface area contributed by atoms with E-state index in [0.29, 0.717) is 12.8 Å². The molecule has 4 rings (SSSR count). The largest absolute Gasteiger partial charge is 0.390 e. The molecule has 0 bridgehead atoms. The van der Waals surface area contributed by atoms with E-state index in [4.69, 9.17) is 0 Å². The van der Waals surface area contributed by atoms with E-state index in [9.17, 15) is 24.6 Å². The summed E-state index contributed by atoms with van der Waals surface area (Å²) >= 11 is 0. The lowest BCUT2D eigenvalue weighted by atomic mass is 9.51. The number of rotatable bonds is 2. The highest BCUT2D eigenvalue weighted by atomic mass is 16.4. The Labute approximate surface area is 152 Å². The standard InChI is InChI=1S/C21H24O5/c1-19-7-5-13(23)9-12(19)3-4-14-15(19)6-8-20(2)16(14)10-17(24)21(20,26)18(25)11-22/h5-7,9,11,14,16-17,24,26H,3-4,8,10H2,1-2H3/t14-,16+,17-,19+,20+,21+/m1/s1. The first-order chi connectivity index (χ1) is 12.2. The number of carbonyl (C=O) groups is 3. The van der Waals surface area contributed by atoms with Gasteiger partial charge in [0.2, 0.25) is 5.78 Å². The van der Waals surface area contributed by atoms with Crippen molar-refractivity contribution in [3.63, 3.8) is 0 Å². The first-order valence-corrected chi connectivity index (χ1v) is 9.23. The predicted octanol–water partition coefficient (Wildman–Crippen LogP) is 1.68. The van der Waals surface area contributed by atoms with Gasteiger partial charge in [-0.15, -0.1) is 0 Å². The van der Waals surface area contributed by atoms with Crippen LogP contribution in [0.5, 0.6) is 0 Å². The lowest BCUT2D eigenvalue weighted by molar-refractivity contribution is -0.167. The Kier molecular flexibility index (Phi) is 3.60. The van der Waals surface area contributed by atoms with E-state index in [1.165, 1.54) is 5.57 Å². The molecule has 0 aliphatic heterocycles. The molecule has 5 heteroatoms. The van der Waals surface area contributed by atoms with Crippen LogP contribution in [0.15, 0.2) is 35.5 Å². The lowest BCUT2D eigenvalue weighted by Gasteiger charge is -2.53. The quantitative estimate of drug-likeness (QED) is 0.446. The average molecular weight is 356 g/mol. The molecule has 0 heterocycles. The van der Waals surface area contributed by atoms with Crippen LogP contribution in [-0.4, -0.2) is 39.8 Å². The summed E-state index contributed by atoms with van der Waals surface area (Å²) < 4.78 is 0. The van der Waals surface area contributed by atoms with Crippen LogP contribution in [0.1, 0.15) is 39.5 Å². The van der Waals surface area contributed by atoms with E-state index in [1.807, 2.05) is 13.0 Å². The van der Waals surface area contributed by atoms with Crippen LogP contribution in [-0.2, 0) is 14.4 Å². The number of Topliss-reactive ketones (excluding diaryl/α,β-unsaturated/α-hetero) is 1. The van der Waals surface area contributed by atoms with Crippen LogP contribution in [0.25, 0.3) is 0 Å². The maximum Gasteiger partial charge on any atom is 0.229 e. The van der Waals surface area contributed by atoms with E-state index in [-0.39, 0.29) is 29.3 Å². The average Bonchev–Trinajstić information content (AvgIpc) is 2.83. The Balaban J connectivity index is 1.80. The molecule has 0 spiro atoms. The molecule has 6 atom stereocenters. The zero-order valence-corrected chi connectivity index (χ0v) is 15.1. The number of carbonyl (C=O) groups excluding carboxylic acids is 3. The summed E-state index contributed by atoms with van der Waals surface area (Å²) in [5, 5.41) is 21.6. The van der Waals surface area contributed by atoms with Crippen LogP contribution in [0.4, 0.5) is 0 Å². The fourth-order valence-corrected chi connectivity index (χ4v) is 6.08. The topological polar surface area (TPSA) is 91.7 Å². The first kappa shape index (κ1) is 17.6. The number of fused-ring (bicyclic) bond motifs is 5. The van der Waals surface area contributed by atoms with Crippen molar-refractivity contribution in [3.8, 4) is 0 Å². The maximum atomic E-state index is 12.2. The highest BCUT2D eigenvalue weighted by Gasteiger charge is 2.68. The molecule has 0 aromatic heterocycles. The van der Waals surface area contributed by atoms with Crippen molar-refractivity contribution in [3.05, 3.63) is 35.5 Å². The number of allylic oxidation sites excluding steroid dienone is 6. The Bertz CT molecular complexity index is 805. The van der Waals surface area contributed by atoms with E-state index < -0.39 is 22.9 Å². The van der Waals surface area contributed by atoms with Crippen LogP contribution < -0.4 is 0 Å². The zero-order valence-electron chi connectivity index (χ0n) is 15.1. The van der Waals surface area contributed by atoms with Gasteiger partial charge in [0.1, 0.15) is 0 Å². The predicted molar refractivity (Wildman–Crippen MR) is 94.0 cm³/mol. The molecule has 2 fully saturated rings. The number of aliphatic hydroxyl groups is 2. The smallest absolute Gasteiger partial charge is 0.229 e. The minimum atomic E-state index is -2.03. The molecular weight excluding hydrogens is 332 g/mol. The van der Waals surface area contributed by atoms with Gasteiger partial charge in [0, 0.05) is 10.8 Å². The molecule has 0 radical (unpaired) electrons. The lowest BCUT2D eigenvalue weighted by Crippen LogP contribution is -2.59. The van der Waals surface area contributed by atoms with E-state index >= 15 is 0 Å². The van der Waals surface area contributed by atoms with Gasteiger partial charge in [0.05, 0.1) is 6.10 Å². The van der Waals surface area contributed by atoms with Gasteiger partial charge in [0.15, 0.2) is 17.7 Å². The van der Waals surface area contributed by atoms with Crippen molar-refractivity contribution in [1.29, 1.82) is 0 Å². The molecule has 4 aliphatic rings. The highest BCUT2D eigenvalue weighted by Crippen LogP contribution is 2.64. The number of hydrogen-bond acceptors (Lipinski definition) is 5. The summed E-state index contributed by atoms with van der Waals surface area (Å²) in [4.78, 5) is 35.1. The monoisotopic (exact) mass is 356 g/mol. The maximum absolute atomic E-state index is 12.2. The minimum absolute atomic E-state index is 0.0133. The second-order valence-corrected chi connectivity index (χ2v) is 8.64. The fraction of sp³-hybridized carbons (Fsp3) is 0.571. The van der Waals surface area contributed by atoms with Gasteiger partial charge < -0.3 is 10.2 Å². The first-order valence-electron chi connectivity index (χ1n) is 9.23.